The van der Waals surface area contributed by atoms with E-state index >= 15 is 0 Å². The van der Waals surface area contributed by atoms with Gasteiger partial charge in [0.2, 0.25) is 0 Å². The lowest BCUT2D eigenvalue weighted by atomic mass is 10.1. The van der Waals surface area contributed by atoms with Crippen molar-refractivity contribution < 1.29 is 9.15 Å². The predicted molar refractivity (Wildman–Crippen MR) is 105 cm³/mol. The first-order chi connectivity index (χ1) is 10.8. The van der Waals surface area contributed by atoms with Gasteiger partial charge in [-0.2, -0.15) is 0 Å². The van der Waals surface area contributed by atoms with E-state index in [1.807, 2.05) is 12.1 Å². The number of nitrogens with one attached hydrogen (secondary N) is 1. The quantitative estimate of drug-likeness (QED) is 0.295. The van der Waals surface area contributed by atoms with E-state index in [9.17, 15) is 0 Å². The Kier molecular flexibility index (Phi) is 10.3. The van der Waals surface area contributed by atoms with Gasteiger partial charge in [0.05, 0.1) is 12.9 Å². The van der Waals surface area contributed by atoms with Crippen LogP contribution in [0.5, 0.6) is 0 Å². The van der Waals surface area contributed by atoms with Gasteiger partial charge in [-0.15, -0.1) is 24.0 Å². The van der Waals surface area contributed by atoms with Crippen molar-refractivity contribution >= 4 is 29.9 Å². The van der Waals surface area contributed by atoms with Crippen LogP contribution in [0.25, 0.3) is 0 Å². The minimum absolute atomic E-state index is 0. The zero-order valence-corrected chi connectivity index (χ0v) is 16.6. The van der Waals surface area contributed by atoms with Crippen molar-refractivity contribution in [2.45, 2.75) is 32.6 Å². The fourth-order valence-electron chi connectivity index (χ4n) is 2.61. The summed E-state index contributed by atoms with van der Waals surface area (Å²) in [5.74, 6) is 2.62. The molecule has 0 radical (unpaired) electrons. The first-order valence-corrected chi connectivity index (χ1v) is 8.39. The minimum atomic E-state index is 0. The Hall–Kier alpha value is -0.760. The highest BCUT2D eigenvalue weighted by molar-refractivity contribution is 14.0. The van der Waals surface area contributed by atoms with E-state index in [1.165, 1.54) is 6.42 Å². The van der Waals surface area contributed by atoms with Crippen molar-refractivity contribution in [1.82, 2.24) is 10.2 Å². The molecule has 0 saturated carbocycles. The maximum absolute atomic E-state index is 5.47. The Balaban J connectivity index is 0.00000264. The summed E-state index contributed by atoms with van der Waals surface area (Å²) in [6.07, 6.45) is 6.05. The highest BCUT2D eigenvalue weighted by Gasteiger charge is 2.19. The van der Waals surface area contributed by atoms with Gasteiger partial charge in [-0.25, -0.2) is 0 Å². The summed E-state index contributed by atoms with van der Waals surface area (Å²) in [6.45, 7) is 6.68. The summed E-state index contributed by atoms with van der Waals surface area (Å²) in [7, 11) is 2.11. The van der Waals surface area contributed by atoms with Gasteiger partial charge >= 0.3 is 0 Å². The number of aliphatic imine (C=N–C) groups is 1. The largest absolute Gasteiger partial charge is 0.469 e. The van der Waals surface area contributed by atoms with Gasteiger partial charge in [-0.05, 0) is 25.0 Å². The summed E-state index contributed by atoms with van der Waals surface area (Å²) in [5, 5.41) is 3.47. The van der Waals surface area contributed by atoms with E-state index in [0.29, 0.717) is 5.92 Å². The van der Waals surface area contributed by atoms with Crippen LogP contribution in [-0.2, 0) is 11.2 Å². The van der Waals surface area contributed by atoms with Gasteiger partial charge in [0.1, 0.15) is 5.76 Å². The van der Waals surface area contributed by atoms with E-state index in [0.717, 1.165) is 63.8 Å². The second-order valence-electron chi connectivity index (χ2n) is 5.93. The summed E-state index contributed by atoms with van der Waals surface area (Å²) in [5.41, 5.74) is 0. The molecule has 132 valence electrons. The van der Waals surface area contributed by atoms with Crippen LogP contribution in [0, 0.1) is 5.92 Å². The molecular formula is C17H30IN3O2. The zero-order chi connectivity index (χ0) is 15.6. The van der Waals surface area contributed by atoms with Crippen LogP contribution in [0.2, 0.25) is 0 Å². The molecule has 0 aromatic carbocycles. The summed E-state index contributed by atoms with van der Waals surface area (Å²) >= 11 is 0. The number of guanidine groups is 1. The number of furan rings is 1. The van der Waals surface area contributed by atoms with Gasteiger partial charge in [-0.3, -0.25) is 4.99 Å². The first kappa shape index (κ1) is 20.3. The van der Waals surface area contributed by atoms with Crippen LogP contribution in [-0.4, -0.2) is 50.8 Å². The monoisotopic (exact) mass is 435 g/mol. The third-order valence-electron chi connectivity index (χ3n) is 3.93. The molecular weight excluding hydrogens is 405 g/mol. The fraction of sp³-hybridized carbons (Fsp3) is 0.706. The number of hydrogen-bond acceptors (Lipinski definition) is 3. The Labute approximate surface area is 156 Å². The van der Waals surface area contributed by atoms with Crippen LogP contribution in [0.4, 0.5) is 0 Å². The highest BCUT2D eigenvalue weighted by atomic mass is 127. The topological polar surface area (TPSA) is 50.0 Å². The van der Waals surface area contributed by atoms with Crippen molar-refractivity contribution in [3.05, 3.63) is 24.2 Å². The zero-order valence-electron chi connectivity index (χ0n) is 14.3. The summed E-state index contributed by atoms with van der Waals surface area (Å²) in [6, 6.07) is 3.94. The Morgan fingerprint density at radius 3 is 3.00 bits per heavy atom. The van der Waals surface area contributed by atoms with E-state index in [-0.39, 0.29) is 24.0 Å². The average molecular weight is 435 g/mol. The number of ether oxygens (including phenoxy) is 1. The molecule has 5 nitrogen and oxygen atoms in total. The van der Waals surface area contributed by atoms with Crippen molar-refractivity contribution in [2.75, 3.05) is 39.9 Å². The van der Waals surface area contributed by atoms with Crippen molar-refractivity contribution in [3.63, 3.8) is 0 Å². The fourth-order valence-corrected chi connectivity index (χ4v) is 2.61. The van der Waals surface area contributed by atoms with E-state index < -0.39 is 0 Å². The van der Waals surface area contributed by atoms with Gasteiger partial charge in [0.25, 0.3) is 0 Å². The van der Waals surface area contributed by atoms with E-state index in [2.05, 4.69) is 24.2 Å². The van der Waals surface area contributed by atoms with Gasteiger partial charge in [-0.1, -0.05) is 13.3 Å². The SMILES string of the molecule is CCCCN=C(NCCc1ccco1)N(C)CC1CCOC1.I. The molecule has 1 aliphatic rings. The third kappa shape index (κ3) is 7.56. The molecule has 2 heterocycles. The maximum atomic E-state index is 5.47. The van der Waals surface area contributed by atoms with Crippen LogP contribution in [0.1, 0.15) is 31.9 Å². The lowest BCUT2D eigenvalue weighted by molar-refractivity contribution is 0.181. The lowest BCUT2D eigenvalue weighted by Crippen LogP contribution is -2.42. The molecule has 1 N–H and O–H groups in total. The summed E-state index contributed by atoms with van der Waals surface area (Å²) in [4.78, 5) is 6.97. The molecule has 0 amide bonds. The van der Waals surface area contributed by atoms with E-state index in [4.69, 9.17) is 14.1 Å². The van der Waals surface area contributed by atoms with Crippen LogP contribution >= 0.6 is 24.0 Å². The molecule has 6 heteroatoms. The standard InChI is InChI=1S/C17H29N3O2.HI/c1-3-4-9-18-17(19-10-7-16-6-5-11-22-16)20(2)13-15-8-12-21-14-15;/h5-6,11,15H,3-4,7-10,12-14H2,1-2H3,(H,18,19);1H. The lowest BCUT2D eigenvalue weighted by Gasteiger charge is -2.25. The number of hydrogen-bond donors (Lipinski definition) is 1. The molecule has 23 heavy (non-hydrogen) atoms. The molecule has 0 aliphatic carbocycles. The Morgan fingerprint density at radius 2 is 2.35 bits per heavy atom. The molecule has 1 aromatic heterocycles. The van der Waals surface area contributed by atoms with Gasteiger partial charge < -0.3 is 19.4 Å². The maximum Gasteiger partial charge on any atom is 0.193 e. The number of rotatable bonds is 8. The Morgan fingerprint density at radius 1 is 1.48 bits per heavy atom. The van der Waals surface area contributed by atoms with Crippen molar-refractivity contribution in [3.8, 4) is 0 Å². The molecule has 2 rings (SSSR count). The third-order valence-corrected chi connectivity index (χ3v) is 3.93. The molecule has 1 fully saturated rings. The molecule has 1 aromatic rings. The number of unbranched alkanes of at least 4 members (excludes halogenated alkanes) is 1. The van der Waals surface area contributed by atoms with Crippen LogP contribution in [0.15, 0.2) is 27.8 Å². The molecule has 0 spiro atoms. The molecule has 1 aliphatic heterocycles. The average Bonchev–Trinajstić information content (AvgIpc) is 3.19. The number of halogens is 1. The van der Waals surface area contributed by atoms with Crippen molar-refractivity contribution in [1.29, 1.82) is 0 Å². The highest BCUT2D eigenvalue weighted by Crippen LogP contribution is 2.13. The van der Waals surface area contributed by atoms with Crippen LogP contribution in [0.3, 0.4) is 0 Å². The molecule has 1 unspecified atom stereocenters. The van der Waals surface area contributed by atoms with Gasteiger partial charge in [0.15, 0.2) is 5.96 Å². The van der Waals surface area contributed by atoms with Crippen molar-refractivity contribution in [2.24, 2.45) is 10.9 Å². The van der Waals surface area contributed by atoms with Crippen LogP contribution < -0.4 is 5.32 Å². The van der Waals surface area contributed by atoms with E-state index in [1.54, 1.807) is 6.26 Å². The Bertz CT molecular complexity index is 431. The summed E-state index contributed by atoms with van der Waals surface area (Å²) < 4.78 is 10.8. The predicted octanol–water partition coefficient (Wildman–Crippen LogP) is 3.15. The molecule has 1 atom stereocenters. The first-order valence-electron chi connectivity index (χ1n) is 8.39. The minimum Gasteiger partial charge on any atom is -0.469 e. The second kappa shape index (κ2) is 11.7. The number of nitrogens with zero attached hydrogens (tertiary/aromatic N) is 2. The second-order valence-corrected chi connectivity index (χ2v) is 5.93. The molecule has 0 bridgehead atoms. The normalized spacial score (nSPS) is 17.8. The smallest absolute Gasteiger partial charge is 0.193 e. The molecule has 1 saturated heterocycles. The van der Waals surface area contributed by atoms with Gasteiger partial charge in [0, 0.05) is 45.6 Å².